The highest BCUT2D eigenvalue weighted by Gasteiger charge is 2.73. The van der Waals surface area contributed by atoms with Crippen molar-refractivity contribution in [3.63, 3.8) is 0 Å². The Kier molecular flexibility index (Phi) is 22.8. The predicted molar refractivity (Wildman–Crippen MR) is 344 cm³/mol. The number of carboxylic acid groups (broad SMARTS) is 1. The van der Waals surface area contributed by atoms with Gasteiger partial charge in [0.15, 0.2) is 49.6 Å². The van der Waals surface area contributed by atoms with Crippen LogP contribution in [0, 0.1) is 50.2 Å². The van der Waals surface area contributed by atoms with Crippen LogP contribution in [0.2, 0.25) is 0 Å². The second-order valence-corrected chi connectivity index (χ2v) is 31.5. The number of carbonyl (C=O) groups excluding carboxylic acids is 4. The molecule has 1 aromatic carbocycles. The molecule has 5 aliphatic heterocycles. The van der Waals surface area contributed by atoms with Gasteiger partial charge in [0.1, 0.15) is 96.8 Å². The smallest absolute Gasteiger partial charge is 0.335 e. The third kappa shape index (κ3) is 13.8. The maximum Gasteiger partial charge on any atom is 0.335 e. The largest absolute Gasteiger partial charge is 0.497 e. The molecule has 102 heavy (non-hydrogen) atoms. The quantitative estimate of drug-likeness (QED) is 0.0221. The Hall–Kier alpha value is -4.79. The zero-order valence-electron chi connectivity index (χ0n) is 58.8. The van der Waals surface area contributed by atoms with Gasteiger partial charge in [-0.25, -0.2) is 9.59 Å². The van der Waals surface area contributed by atoms with E-state index in [1.165, 1.54) is 27.0 Å². The molecule has 0 radical (unpaired) electrons. The Balaban J connectivity index is 0.891. The van der Waals surface area contributed by atoms with Crippen LogP contribution in [0.15, 0.2) is 42.0 Å². The molecular weight excluding hydrogens is 1350 g/mol. The zero-order valence-corrected chi connectivity index (χ0v) is 58.8. The second-order valence-electron chi connectivity index (χ2n) is 31.5. The van der Waals surface area contributed by atoms with Crippen LogP contribution < -0.4 is 4.74 Å². The molecule has 34 atom stereocenters. The number of benzene rings is 1. The molecule has 11 rings (SSSR count). The van der Waals surface area contributed by atoms with Crippen molar-refractivity contribution in [2.24, 2.45) is 50.2 Å². The summed E-state index contributed by atoms with van der Waals surface area (Å²) in [5, 5.41) is 144. The summed E-state index contributed by atoms with van der Waals surface area (Å²) in [6.45, 7) is 14.8. The number of carboxylic acids is 1. The molecular formula is C71H102O31. The first-order valence-corrected chi connectivity index (χ1v) is 35.2. The lowest BCUT2D eigenvalue weighted by molar-refractivity contribution is -0.391. The minimum atomic E-state index is -2.22. The van der Waals surface area contributed by atoms with E-state index in [-0.39, 0.29) is 25.2 Å². The first kappa shape index (κ1) is 78.3. The van der Waals surface area contributed by atoms with Gasteiger partial charge in [0.25, 0.3) is 0 Å². The van der Waals surface area contributed by atoms with Crippen LogP contribution in [-0.4, -0.2) is 277 Å². The second kappa shape index (κ2) is 29.8. The van der Waals surface area contributed by atoms with E-state index in [1.54, 1.807) is 31.2 Å². The molecule has 0 amide bonds. The monoisotopic (exact) mass is 1450 g/mol. The van der Waals surface area contributed by atoms with Gasteiger partial charge in [-0.1, -0.05) is 65.3 Å². The molecule has 0 unspecified atom stereocenters. The third-order valence-corrected chi connectivity index (χ3v) is 25.1. The standard InChI is InChI=1S/C71H102O31/c1-30-44(78)47(81)50(84)61(92-30)101-58-56(94-32(3)74)53(97-43(77)18-13-33-11-14-34(90-10)15-12-33)31(2)93-63(58)102-65(89)71-24-23-66(4,5)25-36(71)35-16-17-40-67(6)21-20-42(68(7,29-73)39(67)19-22-69(40,8)70(35,9)26-41(71)76)96-64-57(100-62-51(85)48(82)46(80)38(27-72)95-62)54(52(86)55(99-64)59(87)88)98-60-49(83)45(79)37(75)28-91-60/h11-16,18,29-31,36-42,44-58,60-64,72,75-76,78-86H,17,19-28H2,1-10H3,(H,87,88)/b18-13+/t30-,31+,36-,37+,38+,39+,40+,41+,42-,44-,45-,46-,47+,48-,49+,50+,51+,52-,53-,54-,55-,56-,57+,58+,60-,61-,62-,63-,64+,67-,68-,69+,70+,71+/m0/s1. The van der Waals surface area contributed by atoms with E-state index >= 15 is 4.79 Å². The lowest BCUT2D eigenvalue weighted by Crippen LogP contribution is -2.69. The van der Waals surface area contributed by atoms with E-state index in [4.69, 9.17) is 61.6 Å². The van der Waals surface area contributed by atoms with Gasteiger partial charge in [0.05, 0.1) is 50.2 Å². The van der Waals surface area contributed by atoms with E-state index in [0.717, 1.165) is 24.9 Å². The molecule has 0 spiro atoms. The zero-order chi connectivity index (χ0) is 74.4. The number of rotatable bonds is 18. The third-order valence-electron chi connectivity index (χ3n) is 25.1. The lowest BCUT2D eigenvalue weighted by Gasteiger charge is -2.71. The predicted octanol–water partition coefficient (Wildman–Crippen LogP) is -0.431. The van der Waals surface area contributed by atoms with Crippen molar-refractivity contribution in [3.05, 3.63) is 47.6 Å². The Morgan fingerprint density at radius 1 is 0.608 bits per heavy atom. The van der Waals surface area contributed by atoms with Crippen LogP contribution in [0.1, 0.15) is 126 Å². The summed E-state index contributed by atoms with van der Waals surface area (Å²) in [5.74, 6) is -5.21. The number of methoxy groups -OCH3 is 1. The summed E-state index contributed by atoms with van der Waals surface area (Å²) in [4.78, 5) is 70.2. The van der Waals surface area contributed by atoms with E-state index in [1.807, 2.05) is 0 Å². The lowest BCUT2D eigenvalue weighted by atomic mass is 9.33. The number of ether oxygens (including phenoxy) is 13. The summed E-state index contributed by atoms with van der Waals surface area (Å²) >= 11 is 0. The Morgan fingerprint density at radius 3 is 1.87 bits per heavy atom. The first-order valence-electron chi connectivity index (χ1n) is 35.2. The van der Waals surface area contributed by atoms with Gasteiger partial charge < -0.3 is 133 Å². The maximum atomic E-state index is 16.0. The highest BCUT2D eigenvalue weighted by Crippen LogP contribution is 2.76. The fourth-order valence-corrected chi connectivity index (χ4v) is 19.0. The maximum absolute atomic E-state index is 16.0. The summed E-state index contributed by atoms with van der Waals surface area (Å²) in [7, 11) is 1.51. The number of aliphatic hydroxyl groups is 12. The summed E-state index contributed by atoms with van der Waals surface area (Å²) in [6, 6.07) is 6.78. The van der Waals surface area contributed by atoms with Crippen molar-refractivity contribution in [2.75, 3.05) is 20.3 Å². The molecule has 10 aliphatic rings. The molecule has 13 N–H and O–H groups in total. The van der Waals surface area contributed by atoms with Gasteiger partial charge in [-0.15, -0.1) is 0 Å². The summed E-state index contributed by atoms with van der Waals surface area (Å²) in [6.07, 6.45) is -37.4. The highest BCUT2D eigenvalue weighted by molar-refractivity contribution is 5.87. The van der Waals surface area contributed by atoms with Crippen molar-refractivity contribution in [3.8, 4) is 5.75 Å². The van der Waals surface area contributed by atoms with E-state index in [9.17, 15) is 85.6 Å². The average Bonchev–Trinajstić information content (AvgIpc) is 0.669. The molecule has 5 aliphatic carbocycles. The van der Waals surface area contributed by atoms with E-state index < -0.39 is 241 Å². The number of hydrogen-bond acceptors (Lipinski definition) is 30. The molecule has 5 saturated heterocycles. The van der Waals surface area contributed by atoms with Gasteiger partial charge in [-0.3, -0.25) is 9.59 Å². The number of allylic oxidation sites excluding steroid dienone is 2. The normalized spacial score (nSPS) is 48.5. The van der Waals surface area contributed by atoms with Gasteiger partial charge >= 0.3 is 23.9 Å². The average molecular weight is 1450 g/mol. The number of aliphatic carboxylic acids is 1. The number of fused-ring (bicyclic) bond motifs is 7. The van der Waals surface area contributed by atoms with Crippen molar-refractivity contribution >= 4 is 36.2 Å². The molecule has 31 nitrogen and oxygen atoms in total. The van der Waals surface area contributed by atoms with Crippen molar-refractivity contribution in [1.82, 2.24) is 0 Å². The molecule has 4 saturated carbocycles. The topological polar surface area (TPSA) is 468 Å². The number of esters is 3. The molecule has 1 aromatic rings. The van der Waals surface area contributed by atoms with Crippen LogP contribution in [0.4, 0.5) is 0 Å². The van der Waals surface area contributed by atoms with Crippen LogP contribution in [0.3, 0.4) is 0 Å². The van der Waals surface area contributed by atoms with Gasteiger partial charge in [0.2, 0.25) is 6.29 Å². The fraction of sp³-hybridized carbons (Fsp3) is 0.789. The van der Waals surface area contributed by atoms with E-state index in [2.05, 4.69) is 40.7 Å². The van der Waals surface area contributed by atoms with Gasteiger partial charge in [0, 0.05) is 13.0 Å². The SMILES string of the molecule is COc1ccc(/C=C/C(=O)O[C@@H]2[C@H](OC(C)=O)[C@@H](O[C@@H]3O[C@@H](C)[C@H](O)[C@@H](O)[C@H]3O)[C@H](OC(=O)[C@]34CCC(C)(C)C[C@H]3C3=CC[C@@H]5[C@@]6(C)CC[C@H](O[C@@H]7O[C@H](C(=O)O)[C@@H](O)[C@H](O[C@@H]8OC[C@@H](O)[C@H](O)[C@H]8O)[C@H]7O[C@@H]7O[C@H](CO)[C@H](O)[C@H](O)[C@H]7O)[C@@](C)(C=O)[C@@H]6CC[C@@]5(C)[C@]3(C)C[C@H]4O)O[C@@H]2C)cc1. The minimum absolute atomic E-state index is 0.0483. The molecule has 0 aromatic heterocycles. The molecule has 5 heterocycles. The van der Waals surface area contributed by atoms with Crippen molar-refractivity contribution < 1.29 is 152 Å². The molecule has 572 valence electrons. The van der Waals surface area contributed by atoms with Crippen molar-refractivity contribution in [1.29, 1.82) is 0 Å². The Bertz CT molecular complexity index is 3240. The molecule has 9 fully saturated rings. The van der Waals surface area contributed by atoms with Crippen molar-refractivity contribution in [2.45, 2.75) is 280 Å². The number of aliphatic hydroxyl groups excluding tert-OH is 12. The van der Waals surface area contributed by atoms with E-state index in [0.29, 0.717) is 49.8 Å². The molecule has 0 bridgehead atoms. The first-order chi connectivity index (χ1) is 47.9. The fourth-order valence-electron chi connectivity index (χ4n) is 19.0. The van der Waals surface area contributed by atoms with Gasteiger partial charge in [-0.2, -0.15) is 0 Å². The Labute approximate surface area is 589 Å². The van der Waals surface area contributed by atoms with Crippen LogP contribution in [-0.2, 0) is 80.8 Å². The Morgan fingerprint density at radius 2 is 1.24 bits per heavy atom. The highest BCUT2D eigenvalue weighted by atomic mass is 16.8. The summed E-state index contributed by atoms with van der Waals surface area (Å²) in [5.41, 5.74) is -4.17. The summed E-state index contributed by atoms with van der Waals surface area (Å²) < 4.78 is 78.7. The minimum Gasteiger partial charge on any atom is -0.497 e. The number of hydrogen-bond donors (Lipinski definition) is 13. The van der Waals surface area contributed by atoms with Crippen LogP contribution in [0.25, 0.3) is 6.08 Å². The van der Waals surface area contributed by atoms with Crippen LogP contribution in [0.5, 0.6) is 5.75 Å². The van der Waals surface area contributed by atoms with Gasteiger partial charge in [-0.05, 0) is 135 Å². The number of aldehydes is 1. The number of carbonyl (C=O) groups is 5. The molecule has 31 heteroatoms. The van der Waals surface area contributed by atoms with Crippen LogP contribution >= 0.6 is 0 Å².